The molecule has 1 aliphatic heterocycles. The van der Waals surface area contributed by atoms with Gasteiger partial charge in [-0.3, -0.25) is 0 Å². The zero-order chi connectivity index (χ0) is 12.4. The Hall–Kier alpha value is -1.96. The zero-order valence-electron chi connectivity index (χ0n) is 10.5. The van der Waals surface area contributed by atoms with E-state index in [2.05, 4.69) is 24.3 Å². The summed E-state index contributed by atoms with van der Waals surface area (Å²) < 4.78 is 11.0. The summed E-state index contributed by atoms with van der Waals surface area (Å²) in [5.74, 6) is 1.80. The highest BCUT2D eigenvalue weighted by molar-refractivity contribution is 5.86. The summed E-state index contributed by atoms with van der Waals surface area (Å²) in [6.07, 6.45) is 11.1. The fraction of sp³-hybridized carbons (Fsp3) is 0.250. The maximum absolute atomic E-state index is 5.66. The summed E-state index contributed by atoms with van der Waals surface area (Å²) in [5, 5.41) is 0. The molecule has 0 unspecified atom stereocenters. The van der Waals surface area contributed by atoms with Crippen LogP contribution in [0.25, 0.3) is 5.57 Å². The monoisotopic (exact) mass is 240 g/mol. The van der Waals surface area contributed by atoms with Crippen molar-refractivity contribution in [1.29, 1.82) is 0 Å². The highest BCUT2D eigenvalue weighted by Crippen LogP contribution is 2.37. The Morgan fingerprint density at radius 2 is 2.11 bits per heavy atom. The van der Waals surface area contributed by atoms with Crippen molar-refractivity contribution in [2.24, 2.45) is 0 Å². The van der Waals surface area contributed by atoms with Crippen LogP contribution in [-0.2, 0) is 0 Å². The second-order valence-corrected chi connectivity index (χ2v) is 4.43. The van der Waals surface area contributed by atoms with Gasteiger partial charge >= 0.3 is 0 Å². The number of ether oxygens (including phenoxy) is 2. The molecular weight excluding hydrogens is 224 g/mol. The van der Waals surface area contributed by atoms with E-state index in [1.54, 1.807) is 7.11 Å². The first-order chi connectivity index (χ1) is 8.88. The van der Waals surface area contributed by atoms with E-state index < -0.39 is 0 Å². The number of methoxy groups -OCH3 is 1. The minimum absolute atomic E-state index is 0.639. The van der Waals surface area contributed by atoms with Crippen molar-refractivity contribution in [2.45, 2.75) is 12.8 Å². The lowest BCUT2D eigenvalue weighted by molar-refractivity contribution is 0.355. The molecule has 0 atom stereocenters. The standard InChI is InChI=1S/C16H16O2/c1-17-13-7-8-16-15(11-13)14(9-10-18-16)12-5-3-2-4-6-12/h3,5-9,11H,2,4,10H2,1H3. The average molecular weight is 240 g/mol. The maximum atomic E-state index is 5.66. The molecule has 0 amide bonds. The van der Waals surface area contributed by atoms with Gasteiger partial charge in [0.05, 0.1) is 7.11 Å². The van der Waals surface area contributed by atoms with Crippen LogP contribution in [-0.4, -0.2) is 13.7 Å². The second kappa shape index (κ2) is 4.73. The lowest BCUT2D eigenvalue weighted by Crippen LogP contribution is -2.06. The second-order valence-electron chi connectivity index (χ2n) is 4.43. The van der Waals surface area contributed by atoms with E-state index in [4.69, 9.17) is 9.47 Å². The summed E-state index contributed by atoms with van der Waals surface area (Å²) in [6.45, 7) is 0.639. The molecule has 0 aromatic heterocycles. The Morgan fingerprint density at radius 1 is 1.17 bits per heavy atom. The normalized spacial score (nSPS) is 17.4. The van der Waals surface area contributed by atoms with Gasteiger partial charge in [0, 0.05) is 5.56 Å². The van der Waals surface area contributed by atoms with Crippen LogP contribution in [0, 0.1) is 0 Å². The van der Waals surface area contributed by atoms with Crippen LogP contribution in [0.15, 0.2) is 48.1 Å². The van der Waals surface area contributed by atoms with Crippen LogP contribution in [0.5, 0.6) is 11.5 Å². The van der Waals surface area contributed by atoms with Gasteiger partial charge in [-0.2, -0.15) is 0 Å². The molecule has 92 valence electrons. The van der Waals surface area contributed by atoms with E-state index in [1.165, 1.54) is 11.1 Å². The fourth-order valence-electron chi connectivity index (χ4n) is 2.38. The third-order valence-electron chi connectivity index (χ3n) is 3.31. The molecular formula is C16H16O2. The number of hydrogen-bond donors (Lipinski definition) is 0. The quantitative estimate of drug-likeness (QED) is 0.783. The minimum atomic E-state index is 0.639. The molecule has 1 aromatic rings. The van der Waals surface area contributed by atoms with Crippen LogP contribution >= 0.6 is 0 Å². The van der Waals surface area contributed by atoms with Crippen molar-refractivity contribution in [2.75, 3.05) is 13.7 Å². The number of hydrogen-bond acceptors (Lipinski definition) is 2. The number of rotatable bonds is 2. The van der Waals surface area contributed by atoms with Crippen molar-refractivity contribution in [3.63, 3.8) is 0 Å². The van der Waals surface area contributed by atoms with Gasteiger partial charge in [-0.05, 0) is 48.3 Å². The molecule has 0 bridgehead atoms. The minimum Gasteiger partial charge on any atom is -0.497 e. The van der Waals surface area contributed by atoms with Gasteiger partial charge in [0.2, 0.25) is 0 Å². The molecule has 2 aliphatic rings. The van der Waals surface area contributed by atoms with Crippen LogP contribution < -0.4 is 9.47 Å². The lowest BCUT2D eigenvalue weighted by Gasteiger charge is -2.21. The molecule has 2 nitrogen and oxygen atoms in total. The molecule has 1 heterocycles. The zero-order valence-corrected chi connectivity index (χ0v) is 10.5. The van der Waals surface area contributed by atoms with Gasteiger partial charge in [0.25, 0.3) is 0 Å². The molecule has 18 heavy (non-hydrogen) atoms. The summed E-state index contributed by atoms with van der Waals surface area (Å²) in [6, 6.07) is 5.96. The first-order valence-corrected chi connectivity index (χ1v) is 6.27. The van der Waals surface area contributed by atoms with Crippen LogP contribution in [0.4, 0.5) is 0 Å². The Bertz CT molecular complexity index is 550. The van der Waals surface area contributed by atoms with E-state index in [9.17, 15) is 0 Å². The summed E-state index contributed by atoms with van der Waals surface area (Å²) in [4.78, 5) is 0. The number of benzene rings is 1. The van der Waals surface area contributed by atoms with E-state index in [-0.39, 0.29) is 0 Å². The molecule has 0 radical (unpaired) electrons. The predicted octanol–water partition coefficient (Wildman–Crippen LogP) is 3.75. The Morgan fingerprint density at radius 3 is 2.89 bits per heavy atom. The van der Waals surface area contributed by atoms with Crippen LogP contribution in [0.2, 0.25) is 0 Å². The number of fused-ring (bicyclic) bond motifs is 1. The van der Waals surface area contributed by atoms with Gasteiger partial charge in [-0.1, -0.05) is 18.2 Å². The first-order valence-electron chi connectivity index (χ1n) is 6.27. The summed E-state index contributed by atoms with van der Waals surface area (Å²) >= 11 is 0. The molecule has 0 saturated heterocycles. The van der Waals surface area contributed by atoms with E-state index >= 15 is 0 Å². The van der Waals surface area contributed by atoms with Gasteiger partial charge in [0.15, 0.2) is 0 Å². The SMILES string of the molecule is COc1ccc2c(c1)C(C1=CCCC=C1)=CCO2. The molecule has 0 saturated carbocycles. The topological polar surface area (TPSA) is 18.5 Å². The predicted molar refractivity (Wildman–Crippen MR) is 72.9 cm³/mol. The van der Waals surface area contributed by atoms with E-state index in [0.717, 1.165) is 29.9 Å². The van der Waals surface area contributed by atoms with Gasteiger partial charge in [-0.15, -0.1) is 0 Å². The smallest absolute Gasteiger partial charge is 0.127 e. The molecule has 1 aliphatic carbocycles. The average Bonchev–Trinajstić information content (AvgIpc) is 2.47. The summed E-state index contributed by atoms with van der Waals surface area (Å²) in [5.41, 5.74) is 3.67. The van der Waals surface area contributed by atoms with Crippen LogP contribution in [0.3, 0.4) is 0 Å². The van der Waals surface area contributed by atoms with E-state index in [1.807, 2.05) is 18.2 Å². The molecule has 1 aromatic carbocycles. The molecule has 2 heteroatoms. The van der Waals surface area contributed by atoms with Crippen LogP contribution in [0.1, 0.15) is 18.4 Å². The van der Waals surface area contributed by atoms with Gasteiger partial charge in [0.1, 0.15) is 18.1 Å². The molecule has 0 N–H and O–H groups in total. The van der Waals surface area contributed by atoms with Crippen molar-refractivity contribution in [3.05, 3.63) is 53.6 Å². The Kier molecular flexibility index (Phi) is 2.93. The highest BCUT2D eigenvalue weighted by Gasteiger charge is 2.17. The third kappa shape index (κ3) is 1.94. The summed E-state index contributed by atoms with van der Waals surface area (Å²) in [7, 11) is 1.69. The van der Waals surface area contributed by atoms with Crippen molar-refractivity contribution in [1.82, 2.24) is 0 Å². The third-order valence-corrected chi connectivity index (χ3v) is 3.31. The Balaban J connectivity index is 2.05. The number of allylic oxidation sites excluding steroid dienone is 5. The van der Waals surface area contributed by atoms with Crippen molar-refractivity contribution >= 4 is 5.57 Å². The first kappa shape index (κ1) is 11.1. The molecule has 0 spiro atoms. The molecule has 3 rings (SSSR count). The maximum Gasteiger partial charge on any atom is 0.127 e. The van der Waals surface area contributed by atoms with E-state index in [0.29, 0.717) is 6.61 Å². The largest absolute Gasteiger partial charge is 0.497 e. The highest BCUT2D eigenvalue weighted by atomic mass is 16.5. The fourth-order valence-corrected chi connectivity index (χ4v) is 2.38. The van der Waals surface area contributed by atoms with Crippen molar-refractivity contribution < 1.29 is 9.47 Å². The lowest BCUT2D eigenvalue weighted by atomic mass is 9.92. The van der Waals surface area contributed by atoms with Gasteiger partial charge < -0.3 is 9.47 Å². The Labute approximate surface area is 107 Å². The van der Waals surface area contributed by atoms with Gasteiger partial charge in [-0.25, -0.2) is 0 Å². The van der Waals surface area contributed by atoms with Crippen molar-refractivity contribution in [3.8, 4) is 11.5 Å². The molecule has 0 fully saturated rings.